The molecular formula is C19H19N3O6. The summed E-state index contributed by atoms with van der Waals surface area (Å²) < 4.78 is 10.9. The highest BCUT2D eigenvalue weighted by molar-refractivity contribution is 6.06. The van der Waals surface area contributed by atoms with Crippen molar-refractivity contribution in [2.75, 3.05) is 18.5 Å². The van der Waals surface area contributed by atoms with E-state index in [2.05, 4.69) is 15.8 Å². The lowest BCUT2D eigenvalue weighted by atomic mass is 10.2. The van der Waals surface area contributed by atoms with Gasteiger partial charge in [-0.3, -0.25) is 9.59 Å². The van der Waals surface area contributed by atoms with Gasteiger partial charge in [0.2, 0.25) is 5.91 Å². The maximum absolute atomic E-state index is 12.2. The smallest absolute Gasteiger partial charge is 0.275 e. The highest BCUT2D eigenvalue weighted by Crippen LogP contribution is 2.32. The van der Waals surface area contributed by atoms with Crippen molar-refractivity contribution in [2.24, 2.45) is 5.10 Å². The van der Waals surface area contributed by atoms with Gasteiger partial charge in [0, 0.05) is 23.5 Å². The molecule has 0 spiro atoms. The first-order valence-electron chi connectivity index (χ1n) is 8.47. The summed E-state index contributed by atoms with van der Waals surface area (Å²) in [5.41, 5.74) is 3.13. The molecule has 2 aromatic rings. The Morgan fingerprint density at radius 2 is 1.82 bits per heavy atom. The van der Waals surface area contributed by atoms with Crippen LogP contribution in [0.25, 0.3) is 0 Å². The number of hydrogen-bond donors (Lipinski definition) is 4. The van der Waals surface area contributed by atoms with E-state index in [1.165, 1.54) is 12.1 Å². The first kappa shape index (κ1) is 19.0. The lowest BCUT2D eigenvalue weighted by Gasteiger charge is -2.19. The van der Waals surface area contributed by atoms with Crippen molar-refractivity contribution >= 4 is 23.2 Å². The molecule has 0 aliphatic carbocycles. The van der Waals surface area contributed by atoms with E-state index in [1.54, 1.807) is 25.1 Å². The molecule has 3 rings (SSSR count). The Labute approximate surface area is 160 Å². The molecule has 0 bridgehead atoms. The fourth-order valence-electron chi connectivity index (χ4n) is 2.52. The molecule has 2 amide bonds. The van der Waals surface area contributed by atoms with Gasteiger partial charge in [-0.05, 0) is 31.2 Å². The number of rotatable bonds is 5. The summed E-state index contributed by atoms with van der Waals surface area (Å²) >= 11 is 0. The van der Waals surface area contributed by atoms with Gasteiger partial charge in [-0.25, -0.2) is 5.43 Å². The SMILES string of the molecule is CC(CC(=O)Nc1ccc2c(c1)OCCO2)=NNC(=O)c1ccc(O)cc1O. The lowest BCUT2D eigenvalue weighted by molar-refractivity contribution is -0.115. The molecule has 0 saturated heterocycles. The Bertz CT molecular complexity index is 941. The zero-order valence-corrected chi connectivity index (χ0v) is 15.1. The number of anilines is 1. The molecule has 28 heavy (non-hydrogen) atoms. The van der Waals surface area contributed by atoms with Gasteiger partial charge in [0.15, 0.2) is 11.5 Å². The van der Waals surface area contributed by atoms with Crippen molar-refractivity contribution in [1.82, 2.24) is 5.43 Å². The topological polar surface area (TPSA) is 129 Å². The lowest BCUT2D eigenvalue weighted by Crippen LogP contribution is -2.21. The van der Waals surface area contributed by atoms with E-state index < -0.39 is 5.91 Å². The van der Waals surface area contributed by atoms with E-state index in [0.717, 1.165) is 6.07 Å². The van der Waals surface area contributed by atoms with Crippen LogP contribution in [0.2, 0.25) is 0 Å². The van der Waals surface area contributed by atoms with E-state index in [4.69, 9.17) is 9.47 Å². The number of carbonyl (C=O) groups excluding carboxylic acids is 2. The second-order valence-corrected chi connectivity index (χ2v) is 6.07. The van der Waals surface area contributed by atoms with Crippen LogP contribution in [0.4, 0.5) is 5.69 Å². The van der Waals surface area contributed by atoms with Crippen molar-refractivity contribution in [3.8, 4) is 23.0 Å². The molecule has 0 unspecified atom stereocenters. The molecule has 1 heterocycles. The van der Waals surface area contributed by atoms with Crippen molar-refractivity contribution in [3.05, 3.63) is 42.0 Å². The summed E-state index contributed by atoms with van der Waals surface area (Å²) in [5.74, 6) is -0.326. The zero-order valence-electron chi connectivity index (χ0n) is 15.1. The maximum atomic E-state index is 12.2. The van der Waals surface area contributed by atoms with Crippen molar-refractivity contribution < 1.29 is 29.3 Å². The highest BCUT2D eigenvalue weighted by Gasteiger charge is 2.14. The molecule has 0 fully saturated rings. The zero-order chi connectivity index (χ0) is 20.1. The first-order chi connectivity index (χ1) is 13.4. The molecule has 1 aliphatic rings. The summed E-state index contributed by atoms with van der Waals surface area (Å²) in [7, 11) is 0. The second-order valence-electron chi connectivity index (χ2n) is 6.07. The predicted molar refractivity (Wildman–Crippen MR) is 101 cm³/mol. The standard InChI is InChI=1S/C19H19N3O6/c1-11(21-22-19(26)14-4-3-13(23)10-15(14)24)8-18(25)20-12-2-5-16-17(9-12)28-7-6-27-16/h2-5,9-10,23-24H,6-8H2,1H3,(H,20,25)(H,22,26). The Morgan fingerprint density at radius 1 is 1.07 bits per heavy atom. The van der Waals surface area contributed by atoms with E-state index in [-0.39, 0.29) is 29.4 Å². The van der Waals surface area contributed by atoms with Gasteiger partial charge in [-0.1, -0.05) is 0 Å². The van der Waals surface area contributed by atoms with Crippen molar-refractivity contribution in [2.45, 2.75) is 13.3 Å². The number of phenols is 2. The van der Waals surface area contributed by atoms with Crippen LogP contribution in [-0.2, 0) is 4.79 Å². The van der Waals surface area contributed by atoms with Crippen LogP contribution in [0.3, 0.4) is 0 Å². The fraction of sp³-hybridized carbons (Fsp3) is 0.211. The number of hydrazone groups is 1. The highest BCUT2D eigenvalue weighted by atomic mass is 16.6. The largest absolute Gasteiger partial charge is 0.508 e. The molecule has 4 N–H and O–H groups in total. The third kappa shape index (κ3) is 4.70. The summed E-state index contributed by atoms with van der Waals surface area (Å²) in [6, 6.07) is 8.68. The van der Waals surface area contributed by atoms with Crippen LogP contribution in [0.15, 0.2) is 41.5 Å². The molecule has 0 atom stereocenters. The van der Waals surface area contributed by atoms with Crippen LogP contribution in [-0.4, -0.2) is 41.0 Å². The van der Waals surface area contributed by atoms with E-state index >= 15 is 0 Å². The van der Waals surface area contributed by atoms with E-state index in [1.807, 2.05) is 0 Å². The van der Waals surface area contributed by atoms with Gasteiger partial charge >= 0.3 is 0 Å². The molecule has 2 aromatic carbocycles. The Balaban J connectivity index is 1.55. The monoisotopic (exact) mass is 385 g/mol. The van der Waals surface area contributed by atoms with Gasteiger partial charge in [0.05, 0.1) is 12.0 Å². The summed E-state index contributed by atoms with van der Waals surface area (Å²) in [4.78, 5) is 24.2. The van der Waals surface area contributed by atoms with Crippen LogP contribution >= 0.6 is 0 Å². The molecule has 0 saturated carbocycles. The first-order valence-corrected chi connectivity index (χ1v) is 8.47. The number of fused-ring (bicyclic) bond motifs is 1. The Morgan fingerprint density at radius 3 is 2.57 bits per heavy atom. The van der Waals surface area contributed by atoms with E-state index in [9.17, 15) is 19.8 Å². The number of benzene rings is 2. The summed E-state index contributed by atoms with van der Waals surface area (Å²) in [6.45, 7) is 2.52. The van der Waals surface area contributed by atoms with Gasteiger partial charge in [0.25, 0.3) is 5.91 Å². The van der Waals surface area contributed by atoms with Crippen LogP contribution in [0.1, 0.15) is 23.7 Å². The molecule has 1 aliphatic heterocycles. The maximum Gasteiger partial charge on any atom is 0.275 e. The molecule has 0 aromatic heterocycles. The number of phenolic OH excluding ortho intramolecular Hbond substituents is 2. The van der Waals surface area contributed by atoms with Gasteiger partial charge < -0.3 is 25.0 Å². The number of nitrogens with zero attached hydrogens (tertiary/aromatic N) is 1. The average Bonchev–Trinajstić information content (AvgIpc) is 2.66. The number of aromatic hydroxyl groups is 2. The molecule has 9 nitrogen and oxygen atoms in total. The third-order valence-corrected chi connectivity index (χ3v) is 3.82. The van der Waals surface area contributed by atoms with Crippen molar-refractivity contribution in [1.29, 1.82) is 0 Å². The number of ether oxygens (including phenoxy) is 2. The molecular weight excluding hydrogens is 366 g/mol. The minimum Gasteiger partial charge on any atom is -0.508 e. The molecule has 0 radical (unpaired) electrons. The Kier molecular flexibility index (Phi) is 5.64. The Hall–Kier alpha value is -3.75. The number of amides is 2. The van der Waals surface area contributed by atoms with Crippen LogP contribution < -0.4 is 20.2 Å². The third-order valence-electron chi connectivity index (χ3n) is 3.82. The normalized spacial score (nSPS) is 13.0. The quantitative estimate of drug-likeness (QED) is 0.460. The van der Waals surface area contributed by atoms with Crippen LogP contribution in [0.5, 0.6) is 23.0 Å². The molecule has 146 valence electrons. The van der Waals surface area contributed by atoms with E-state index in [0.29, 0.717) is 36.1 Å². The van der Waals surface area contributed by atoms with Gasteiger partial charge in [-0.2, -0.15) is 5.10 Å². The number of carbonyl (C=O) groups is 2. The minimum atomic E-state index is -0.663. The van der Waals surface area contributed by atoms with Crippen LogP contribution in [0, 0.1) is 0 Å². The summed E-state index contributed by atoms with van der Waals surface area (Å²) in [5, 5.41) is 25.5. The average molecular weight is 385 g/mol. The fourth-order valence-corrected chi connectivity index (χ4v) is 2.52. The molecule has 9 heteroatoms. The minimum absolute atomic E-state index is 0.0454. The number of nitrogens with one attached hydrogen (secondary N) is 2. The van der Waals surface area contributed by atoms with Gasteiger partial charge in [-0.15, -0.1) is 0 Å². The van der Waals surface area contributed by atoms with Crippen molar-refractivity contribution in [3.63, 3.8) is 0 Å². The predicted octanol–water partition coefficient (Wildman–Crippen LogP) is 2.00. The number of hydrogen-bond acceptors (Lipinski definition) is 7. The summed E-state index contributed by atoms with van der Waals surface area (Å²) in [6.07, 6.45) is -0.0454. The van der Waals surface area contributed by atoms with Gasteiger partial charge in [0.1, 0.15) is 24.7 Å². The second kappa shape index (κ2) is 8.30.